The molecule has 2 rings (SSSR count). The zero-order chi connectivity index (χ0) is 17.5. The van der Waals surface area contributed by atoms with Crippen LogP contribution >= 0.6 is 0 Å². The van der Waals surface area contributed by atoms with Crippen LogP contribution in [0.5, 0.6) is 0 Å². The minimum absolute atomic E-state index is 0.774. The summed E-state index contributed by atoms with van der Waals surface area (Å²) in [5.74, 6) is 0. The second-order valence-corrected chi connectivity index (χ2v) is 5.77. The topological polar surface area (TPSA) is 201 Å². The summed E-state index contributed by atoms with van der Waals surface area (Å²) in [6, 6.07) is 0. The first-order valence-corrected chi connectivity index (χ1v) is 7.03. The molecule has 11 nitrogen and oxygen atoms in total. The van der Waals surface area contributed by atoms with Gasteiger partial charge < -0.3 is 55.4 Å². The molecule has 11 heteroatoms. The minimum atomic E-state index is -2.64. The predicted octanol–water partition coefficient (Wildman–Crippen LogP) is -6.01. The molecule has 2 saturated heterocycles. The number of hydrogen-bond acceptors (Lipinski definition) is 11. The van der Waals surface area contributed by atoms with E-state index in [1.807, 2.05) is 0 Å². The Bertz CT molecular complexity index is 402. The van der Waals surface area contributed by atoms with Crippen molar-refractivity contribution in [3.63, 3.8) is 0 Å². The first kappa shape index (κ1) is 18.9. The summed E-state index contributed by atoms with van der Waals surface area (Å²) in [5.41, 5.74) is -2.64. The molecule has 136 valence electrons. The van der Waals surface area contributed by atoms with Gasteiger partial charge in [0.25, 0.3) is 0 Å². The van der Waals surface area contributed by atoms with E-state index in [9.17, 15) is 40.9 Å². The Morgan fingerprint density at radius 1 is 0.739 bits per heavy atom. The summed E-state index contributed by atoms with van der Waals surface area (Å²) in [5, 5.41) is 88.0. The Labute approximate surface area is 130 Å². The summed E-state index contributed by atoms with van der Waals surface area (Å²) >= 11 is 0. The van der Waals surface area contributed by atoms with E-state index in [4.69, 9.17) is 14.6 Å². The van der Waals surface area contributed by atoms with Crippen LogP contribution in [-0.2, 0) is 9.47 Å². The molecule has 0 aromatic heterocycles. The second kappa shape index (κ2) is 6.82. The van der Waals surface area contributed by atoms with Crippen molar-refractivity contribution < 1.29 is 55.4 Å². The molecule has 0 aliphatic carbocycles. The van der Waals surface area contributed by atoms with Crippen molar-refractivity contribution in [3.05, 3.63) is 0 Å². The molecular weight excluding hydrogens is 320 g/mol. The first-order chi connectivity index (χ1) is 10.7. The van der Waals surface area contributed by atoms with Gasteiger partial charge in [-0.05, 0) is 0 Å². The quantitative estimate of drug-likeness (QED) is 0.236. The number of hydrogen-bond donors (Lipinski definition) is 9. The first-order valence-electron chi connectivity index (χ1n) is 7.03. The van der Waals surface area contributed by atoms with Gasteiger partial charge in [-0.25, -0.2) is 0 Å². The fourth-order valence-electron chi connectivity index (χ4n) is 3.00. The molecule has 0 aromatic rings. The van der Waals surface area contributed by atoms with Gasteiger partial charge in [-0.2, -0.15) is 0 Å². The molecule has 0 amide bonds. The largest absolute Gasteiger partial charge is 0.394 e. The molecular formula is C12H22O11. The van der Waals surface area contributed by atoms with Crippen LogP contribution in [0.3, 0.4) is 0 Å². The second-order valence-electron chi connectivity index (χ2n) is 5.77. The maximum atomic E-state index is 10.7. The summed E-state index contributed by atoms with van der Waals surface area (Å²) in [6.45, 7) is -1.70. The molecule has 0 spiro atoms. The monoisotopic (exact) mass is 342 g/mol. The van der Waals surface area contributed by atoms with Crippen molar-refractivity contribution in [2.75, 3.05) is 13.2 Å². The third kappa shape index (κ3) is 2.88. The number of ether oxygens (including phenoxy) is 2. The van der Waals surface area contributed by atoms with Crippen LogP contribution in [0.4, 0.5) is 0 Å². The highest BCUT2D eigenvalue weighted by Gasteiger charge is 2.63. The maximum absolute atomic E-state index is 10.7. The van der Waals surface area contributed by atoms with Crippen molar-refractivity contribution in [1.29, 1.82) is 0 Å². The van der Waals surface area contributed by atoms with Gasteiger partial charge in [-0.3, -0.25) is 0 Å². The molecule has 10 atom stereocenters. The van der Waals surface area contributed by atoms with Crippen molar-refractivity contribution in [1.82, 2.24) is 0 Å². The highest BCUT2D eigenvalue weighted by molar-refractivity contribution is 5.11. The van der Waals surface area contributed by atoms with Gasteiger partial charge in [-0.1, -0.05) is 0 Å². The highest BCUT2D eigenvalue weighted by atomic mass is 16.6. The maximum Gasteiger partial charge on any atom is 0.184 e. The number of rotatable bonds is 3. The van der Waals surface area contributed by atoms with Crippen molar-refractivity contribution in [2.24, 2.45) is 0 Å². The van der Waals surface area contributed by atoms with Crippen LogP contribution in [0.25, 0.3) is 0 Å². The molecule has 2 fully saturated rings. The van der Waals surface area contributed by atoms with Crippen molar-refractivity contribution in [2.45, 2.75) is 60.7 Å². The van der Waals surface area contributed by atoms with Gasteiger partial charge in [0, 0.05) is 0 Å². The van der Waals surface area contributed by atoms with Crippen LogP contribution in [-0.4, -0.2) is 120 Å². The fraction of sp³-hybridized carbons (Fsp3) is 1.00. The Hall–Kier alpha value is -0.440. The van der Waals surface area contributed by atoms with Gasteiger partial charge >= 0.3 is 0 Å². The summed E-state index contributed by atoms with van der Waals surface area (Å²) in [6.07, 6.45) is -16.4. The van der Waals surface area contributed by atoms with Gasteiger partial charge in [0.1, 0.15) is 48.8 Å². The smallest absolute Gasteiger partial charge is 0.184 e. The normalized spacial score (nSPS) is 54.9. The molecule has 2 aliphatic rings. The lowest BCUT2D eigenvalue weighted by Crippen LogP contribution is -2.77. The average molecular weight is 342 g/mol. The third-order valence-electron chi connectivity index (χ3n) is 4.42. The Balaban J connectivity index is 2.38. The van der Waals surface area contributed by atoms with Crippen LogP contribution in [0.15, 0.2) is 0 Å². The van der Waals surface area contributed by atoms with E-state index in [0.29, 0.717) is 0 Å². The van der Waals surface area contributed by atoms with E-state index < -0.39 is 73.9 Å². The highest BCUT2D eigenvalue weighted by Crippen LogP contribution is 2.38. The standard InChI is InChI=1S/C12H22O11/c13-1-3-5(15)6(16)7(17)10(22-3)12(21)4(2-14)23-11(20)8(18)9(12)19/h3-11,13-21H,1-2H2/t3-,4-,5-,6+,7-,8-,9-,10-,11-,12-/m1/s1. The van der Waals surface area contributed by atoms with Crippen LogP contribution in [0.2, 0.25) is 0 Å². The van der Waals surface area contributed by atoms with Crippen LogP contribution in [0.1, 0.15) is 0 Å². The zero-order valence-electron chi connectivity index (χ0n) is 12.0. The molecule has 2 heterocycles. The van der Waals surface area contributed by atoms with Crippen LogP contribution < -0.4 is 0 Å². The van der Waals surface area contributed by atoms with E-state index in [-0.39, 0.29) is 0 Å². The number of aliphatic hydroxyl groups excluding tert-OH is 8. The lowest BCUT2D eigenvalue weighted by atomic mass is 9.75. The van der Waals surface area contributed by atoms with Crippen LogP contribution in [0, 0.1) is 0 Å². The molecule has 0 saturated carbocycles. The van der Waals surface area contributed by atoms with E-state index in [0.717, 1.165) is 0 Å². The van der Waals surface area contributed by atoms with Gasteiger partial charge in [-0.15, -0.1) is 0 Å². The molecule has 0 bridgehead atoms. The molecule has 23 heavy (non-hydrogen) atoms. The Kier molecular flexibility index (Phi) is 5.60. The lowest BCUT2D eigenvalue weighted by Gasteiger charge is -2.54. The molecule has 9 N–H and O–H groups in total. The predicted molar refractivity (Wildman–Crippen MR) is 68.7 cm³/mol. The van der Waals surface area contributed by atoms with E-state index in [1.54, 1.807) is 0 Å². The lowest BCUT2D eigenvalue weighted by molar-refractivity contribution is -0.367. The third-order valence-corrected chi connectivity index (χ3v) is 4.42. The van der Waals surface area contributed by atoms with Gasteiger partial charge in [0.2, 0.25) is 0 Å². The summed E-state index contributed by atoms with van der Waals surface area (Å²) < 4.78 is 9.97. The molecule has 0 radical (unpaired) electrons. The minimum Gasteiger partial charge on any atom is -0.394 e. The molecule has 2 aliphatic heterocycles. The van der Waals surface area contributed by atoms with Crippen molar-refractivity contribution in [3.8, 4) is 0 Å². The summed E-state index contributed by atoms with van der Waals surface area (Å²) in [4.78, 5) is 0. The molecule has 0 unspecified atom stereocenters. The van der Waals surface area contributed by atoms with E-state index >= 15 is 0 Å². The molecule has 0 aromatic carbocycles. The summed E-state index contributed by atoms with van der Waals surface area (Å²) in [7, 11) is 0. The average Bonchev–Trinajstić information content (AvgIpc) is 2.54. The Morgan fingerprint density at radius 2 is 1.35 bits per heavy atom. The van der Waals surface area contributed by atoms with E-state index in [1.165, 1.54) is 0 Å². The zero-order valence-corrected chi connectivity index (χ0v) is 12.0. The fourth-order valence-corrected chi connectivity index (χ4v) is 3.00. The van der Waals surface area contributed by atoms with E-state index in [2.05, 4.69) is 0 Å². The van der Waals surface area contributed by atoms with Crippen molar-refractivity contribution >= 4 is 0 Å². The van der Waals surface area contributed by atoms with Gasteiger partial charge in [0.05, 0.1) is 13.2 Å². The SMILES string of the molecule is OC[C@H]1O[C@@H]([C@]2(O)[C@H](O)[C@@H](O)[C@H](O)O[C@@H]2CO)[C@H](O)[C@@H](O)[C@@H]1O. The number of aliphatic hydroxyl groups is 9. The van der Waals surface area contributed by atoms with Gasteiger partial charge in [0.15, 0.2) is 11.9 Å². The Morgan fingerprint density at radius 3 is 1.87 bits per heavy atom.